The normalized spacial score (nSPS) is 23.6. The molecule has 2 rings (SSSR count). The van der Waals surface area contributed by atoms with Gasteiger partial charge in [0.2, 0.25) is 5.91 Å². The maximum atomic E-state index is 12.1. The van der Waals surface area contributed by atoms with Crippen molar-refractivity contribution in [2.75, 3.05) is 31.2 Å². The number of hydrogen-bond donors (Lipinski definition) is 1. The van der Waals surface area contributed by atoms with Gasteiger partial charge in [-0.3, -0.25) is 9.69 Å². The van der Waals surface area contributed by atoms with Crippen LogP contribution in [-0.4, -0.2) is 36.7 Å². The van der Waals surface area contributed by atoms with Crippen LogP contribution in [0.15, 0.2) is 29.2 Å². The molecule has 0 aliphatic carbocycles. The van der Waals surface area contributed by atoms with Crippen LogP contribution in [0.5, 0.6) is 0 Å². The van der Waals surface area contributed by atoms with E-state index in [9.17, 15) is 4.79 Å². The lowest BCUT2D eigenvalue weighted by Crippen LogP contribution is -2.42. The Balaban J connectivity index is 1.88. The highest BCUT2D eigenvalue weighted by Crippen LogP contribution is 2.21. The predicted molar refractivity (Wildman–Crippen MR) is 86.2 cm³/mol. The van der Waals surface area contributed by atoms with E-state index in [2.05, 4.69) is 24.1 Å². The molecule has 0 unspecified atom stereocenters. The quantitative estimate of drug-likeness (QED) is 0.864. The summed E-state index contributed by atoms with van der Waals surface area (Å²) in [4.78, 5) is 15.6. The second-order valence-corrected chi connectivity index (χ2v) is 6.80. The van der Waals surface area contributed by atoms with Gasteiger partial charge in [0, 0.05) is 23.7 Å². The summed E-state index contributed by atoms with van der Waals surface area (Å²) >= 11 is 1.68. The molecule has 3 nitrogen and oxygen atoms in total. The van der Waals surface area contributed by atoms with Crippen LogP contribution in [0.4, 0.5) is 5.69 Å². The number of nitrogens with one attached hydrogen (secondary N) is 1. The van der Waals surface area contributed by atoms with Gasteiger partial charge < -0.3 is 5.32 Å². The van der Waals surface area contributed by atoms with Gasteiger partial charge in [-0.05, 0) is 42.7 Å². The Labute approximate surface area is 126 Å². The van der Waals surface area contributed by atoms with Crippen molar-refractivity contribution in [3.05, 3.63) is 24.3 Å². The van der Waals surface area contributed by atoms with Crippen LogP contribution in [0.3, 0.4) is 0 Å². The van der Waals surface area contributed by atoms with Crippen LogP contribution in [0.1, 0.15) is 20.3 Å². The van der Waals surface area contributed by atoms with Crippen molar-refractivity contribution < 1.29 is 4.79 Å². The number of amides is 1. The lowest BCUT2D eigenvalue weighted by atomic mass is 9.92. The van der Waals surface area contributed by atoms with Crippen LogP contribution in [-0.2, 0) is 4.79 Å². The first-order valence-electron chi connectivity index (χ1n) is 7.23. The fraction of sp³-hybridized carbons (Fsp3) is 0.562. The Morgan fingerprint density at radius 2 is 2.05 bits per heavy atom. The number of benzene rings is 1. The molecule has 1 saturated heterocycles. The highest BCUT2D eigenvalue weighted by Gasteiger charge is 2.23. The highest BCUT2D eigenvalue weighted by atomic mass is 32.2. The molecule has 20 heavy (non-hydrogen) atoms. The summed E-state index contributed by atoms with van der Waals surface area (Å²) in [5.41, 5.74) is 0.889. The van der Waals surface area contributed by atoms with Gasteiger partial charge in [-0.1, -0.05) is 19.9 Å². The SMILES string of the molecule is CSc1cccc(NC(=O)CN2C[C@H](C)C[C@@H](C)C2)c1. The van der Waals surface area contributed by atoms with Gasteiger partial charge in [0.15, 0.2) is 0 Å². The standard InChI is InChI=1S/C16H24N2OS/c1-12-7-13(2)10-18(9-12)11-16(19)17-14-5-4-6-15(8-14)20-3/h4-6,8,12-13H,7,9-11H2,1-3H3,(H,17,19)/t12-,13-/m1/s1. The van der Waals surface area contributed by atoms with E-state index in [1.807, 2.05) is 30.5 Å². The number of hydrogen-bond acceptors (Lipinski definition) is 3. The van der Waals surface area contributed by atoms with Gasteiger partial charge in [-0.2, -0.15) is 0 Å². The van der Waals surface area contributed by atoms with Gasteiger partial charge in [-0.15, -0.1) is 11.8 Å². The van der Waals surface area contributed by atoms with Gasteiger partial charge >= 0.3 is 0 Å². The molecule has 0 radical (unpaired) electrons. The van der Waals surface area contributed by atoms with Crippen molar-refractivity contribution in [3.8, 4) is 0 Å². The number of thioether (sulfide) groups is 1. The average molecular weight is 292 g/mol. The number of likely N-dealkylation sites (tertiary alicyclic amines) is 1. The summed E-state index contributed by atoms with van der Waals surface area (Å²) in [6.07, 6.45) is 3.31. The molecule has 1 aromatic carbocycles. The second kappa shape index (κ2) is 7.14. The van der Waals surface area contributed by atoms with Crippen molar-refractivity contribution in [2.45, 2.75) is 25.2 Å². The monoisotopic (exact) mass is 292 g/mol. The number of carbonyl (C=O) groups excluding carboxylic acids is 1. The summed E-state index contributed by atoms with van der Waals surface area (Å²) in [6.45, 7) is 7.09. The molecule has 0 spiro atoms. The van der Waals surface area contributed by atoms with Crippen molar-refractivity contribution >= 4 is 23.4 Å². The molecule has 2 atom stereocenters. The smallest absolute Gasteiger partial charge is 0.238 e. The molecule has 1 amide bonds. The zero-order valence-corrected chi connectivity index (χ0v) is 13.4. The van der Waals surface area contributed by atoms with Gasteiger partial charge in [0.05, 0.1) is 6.54 Å². The Bertz CT molecular complexity index is 454. The second-order valence-electron chi connectivity index (χ2n) is 5.92. The third-order valence-corrected chi connectivity index (χ3v) is 4.39. The summed E-state index contributed by atoms with van der Waals surface area (Å²) in [5, 5.41) is 3.00. The van der Waals surface area contributed by atoms with Crippen molar-refractivity contribution in [3.63, 3.8) is 0 Å². The van der Waals surface area contributed by atoms with E-state index in [0.29, 0.717) is 18.4 Å². The van der Waals surface area contributed by atoms with Crippen molar-refractivity contribution in [1.29, 1.82) is 0 Å². The minimum absolute atomic E-state index is 0.0875. The fourth-order valence-corrected chi connectivity index (χ4v) is 3.49. The first-order valence-corrected chi connectivity index (χ1v) is 8.45. The predicted octanol–water partition coefficient (Wildman–Crippen LogP) is 3.32. The molecule has 1 N–H and O–H groups in total. The van der Waals surface area contributed by atoms with E-state index < -0.39 is 0 Å². The first kappa shape index (κ1) is 15.4. The van der Waals surface area contributed by atoms with E-state index in [-0.39, 0.29) is 5.91 Å². The fourth-order valence-electron chi connectivity index (χ4n) is 3.03. The molecular formula is C16H24N2OS. The lowest BCUT2D eigenvalue weighted by Gasteiger charge is -2.34. The molecule has 0 bridgehead atoms. The number of rotatable bonds is 4. The Hall–Kier alpha value is -1.00. The van der Waals surface area contributed by atoms with Gasteiger partial charge in [0.1, 0.15) is 0 Å². The van der Waals surface area contributed by atoms with E-state index in [4.69, 9.17) is 0 Å². The summed E-state index contributed by atoms with van der Waals surface area (Å²) in [5.74, 6) is 1.46. The number of carbonyl (C=O) groups is 1. The topological polar surface area (TPSA) is 32.3 Å². The number of nitrogens with zero attached hydrogens (tertiary/aromatic N) is 1. The lowest BCUT2D eigenvalue weighted by molar-refractivity contribution is -0.117. The number of piperidine rings is 1. The van der Waals surface area contributed by atoms with Crippen LogP contribution < -0.4 is 5.32 Å². The Morgan fingerprint density at radius 3 is 2.70 bits per heavy atom. The molecule has 110 valence electrons. The van der Waals surface area contributed by atoms with E-state index >= 15 is 0 Å². The van der Waals surface area contributed by atoms with Gasteiger partial charge in [0.25, 0.3) is 0 Å². The maximum absolute atomic E-state index is 12.1. The van der Waals surface area contributed by atoms with Crippen LogP contribution >= 0.6 is 11.8 Å². The van der Waals surface area contributed by atoms with E-state index in [0.717, 1.165) is 18.8 Å². The van der Waals surface area contributed by atoms with E-state index in [1.54, 1.807) is 11.8 Å². The molecule has 1 aliphatic rings. The third-order valence-electron chi connectivity index (χ3n) is 3.67. The van der Waals surface area contributed by atoms with Crippen molar-refractivity contribution in [2.24, 2.45) is 11.8 Å². The molecule has 1 aliphatic heterocycles. The van der Waals surface area contributed by atoms with Crippen molar-refractivity contribution in [1.82, 2.24) is 4.90 Å². The Morgan fingerprint density at radius 1 is 1.35 bits per heavy atom. The molecule has 4 heteroatoms. The first-order chi connectivity index (χ1) is 9.56. The number of anilines is 1. The zero-order chi connectivity index (χ0) is 14.5. The van der Waals surface area contributed by atoms with Gasteiger partial charge in [-0.25, -0.2) is 0 Å². The van der Waals surface area contributed by atoms with E-state index in [1.165, 1.54) is 11.3 Å². The summed E-state index contributed by atoms with van der Waals surface area (Å²) in [6, 6.07) is 7.99. The molecule has 0 aromatic heterocycles. The third kappa shape index (κ3) is 4.53. The molecule has 0 saturated carbocycles. The maximum Gasteiger partial charge on any atom is 0.238 e. The van der Waals surface area contributed by atoms with Crippen LogP contribution in [0.25, 0.3) is 0 Å². The van der Waals surface area contributed by atoms with Crippen LogP contribution in [0, 0.1) is 11.8 Å². The summed E-state index contributed by atoms with van der Waals surface area (Å²) in [7, 11) is 0. The van der Waals surface area contributed by atoms with Crippen LogP contribution in [0.2, 0.25) is 0 Å². The molecule has 1 heterocycles. The molecule has 1 aromatic rings. The molecular weight excluding hydrogens is 268 g/mol. The average Bonchev–Trinajstić information content (AvgIpc) is 2.37. The Kier molecular flexibility index (Phi) is 5.49. The largest absolute Gasteiger partial charge is 0.325 e. The summed E-state index contributed by atoms with van der Waals surface area (Å²) < 4.78 is 0. The minimum Gasteiger partial charge on any atom is -0.325 e. The minimum atomic E-state index is 0.0875. The zero-order valence-electron chi connectivity index (χ0n) is 12.6. The highest BCUT2D eigenvalue weighted by molar-refractivity contribution is 7.98. The molecule has 1 fully saturated rings.